The highest BCUT2D eigenvalue weighted by molar-refractivity contribution is 14.0. The van der Waals surface area contributed by atoms with Crippen molar-refractivity contribution in [2.24, 2.45) is 16.8 Å². The van der Waals surface area contributed by atoms with Gasteiger partial charge in [-0.1, -0.05) is 6.07 Å². The van der Waals surface area contributed by atoms with E-state index in [1.807, 2.05) is 13.0 Å². The molecule has 1 atom stereocenters. The van der Waals surface area contributed by atoms with Gasteiger partial charge in [-0.2, -0.15) is 0 Å². The molecule has 0 aromatic heterocycles. The van der Waals surface area contributed by atoms with Crippen LogP contribution in [-0.4, -0.2) is 51.2 Å². The zero-order valence-corrected chi connectivity index (χ0v) is 20.2. The van der Waals surface area contributed by atoms with E-state index in [0.717, 1.165) is 30.4 Å². The van der Waals surface area contributed by atoms with Crippen LogP contribution in [0.4, 0.5) is 4.39 Å². The molecule has 164 valence electrons. The monoisotopic (exact) mass is 518 g/mol. The normalized spacial score (nSPS) is 19.4. The zero-order valence-electron chi connectivity index (χ0n) is 17.9. The van der Waals surface area contributed by atoms with Gasteiger partial charge in [0.2, 0.25) is 0 Å². The summed E-state index contributed by atoms with van der Waals surface area (Å²) in [6.07, 6.45) is 6.10. The van der Waals surface area contributed by atoms with E-state index in [-0.39, 0.29) is 35.8 Å². The lowest BCUT2D eigenvalue weighted by Gasteiger charge is -2.29. The van der Waals surface area contributed by atoms with Gasteiger partial charge < -0.3 is 20.3 Å². The fourth-order valence-corrected chi connectivity index (χ4v) is 3.62. The van der Waals surface area contributed by atoms with Gasteiger partial charge in [0.05, 0.1) is 12.6 Å². The first-order chi connectivity index (χ1) is 13.5. The van der Waals surface area contributed by atoms with Gasteiger partial charge in [0, 0.05) is 13.6 Å². The van der Waals surface area contributed by atoms with Crippen LogP contribution in [0.25, 0.3) is 0 Å². The predicted molar refractivity (Wildman–Crippen MR) is 128 cm³/mol. The summed E-state index contributed by atoms with van der Waals surface area (Å²) in [5, 5.41) is 6.76. The van der Waals surface area contributed by atoms with Crippen molar-refractivity contribution in [3.05, 3.63) is 29.6 Å². The van der Waals surface area contributed by atoms with E-state index in [9.17, 15) is 4.39 Å². The molecule has 1 saturated carbocycles. The molecule has 2 N–H and O–H groups in total. The number of nitrogens with zero attached hydrogens (tertiary/aromatic N) is 2. The topological polar surface area (TPSA) is 48.9 Å². The van der Waals surface area contributed by atoms with Gasteiger partial charge in [-0.3, -0.25) is 4.99 Å². The summed E-state index contributed by atoms with van der Waals surface area (Å²) in [4.78, 5) is 6.71. The van der Waals surface area contributed by atoms with Gasteiger partial charge in [-0.15, -0.1) is 24.0 Å². The number of ether oxygens (including phenoxy) is 1. The van der Waals surface area contributed by atoms with E-state index >= 15 is 0 Å². The molecular formula is C22H36FIN4O. The van der Waals surface area contributed by atoms with Crippen LogP contribution in [0.2, 0.25) is 0 Å². The molecule has 0 amide bonds. The van der Waals surface area contributed by atoms with Crippen LogP contribution in [0.1, 0.15) is 50.6 Å². The number of nitrogens with one attached hydrogen (secondary N) is 2. The standard InChI is InChI=1S/C22H35FN4O.HI/c1-16(19-6-7-21(20(23)14-19)28-15-18-4-5-18)26-22(24-2)25-11-8-17-9-12-27(3)13-10-17;/h6-7,14,16-18H,4-5,8-13,15H2,1-3H3,(H2,24,25,26);1H. The average Bonchev–Trinajstić information content (AvgIpc) is 3.52. The number of rotatable bonds is 8. The second-order valence-corrected chi connectivity index (χ2v) is 8.34. The smallest absolute Gasteiger partial charge is 0.191 e. The number of likely N-dealkylation sites (tertiary alicyclic amines) is 1. The Labute approximate surface area is 191 Å². The van der Waals surface area contributed by atoms with Crippen molar-refractivity contribution in [3.63, 3.8) is 0 Å². The first-order valence-corrected chi connectivity index (χ1v) is 10.6. The van der Waals surface area contributed by atoms with Crippen LogP contribution < -0.4 is 15.4 Å². The number of hydrogen-bond donors (Lipinski definition) is 2. The summed E-state index contributed by atoms with van der Waals surface area (Å²) in [6, 6.07) is 5.18. The van der Waals surface area contributed by atoms with Gasteiger partial charge >= 0.3 is 0 Å². The van der Waals surface area contributed by atoms with Crippen LogP contribution in [0, 0.1) is 17.7 Å². The maximum Gasteiger partial charge on any atom is 0.191 e. The Morgan fingerprint density at radius 3 is 2.59 bits per heavy atom. The Balaban J connectivity index is 0.00000300. The summed E-state index contributed by atoms with van der Waals surface area (Å²) in [6.45, 7) is 5.94. The number of piperidine rings is 1. The molecule has 2 aliphatic rings. The van der Waals surface area contributed by atoms with Crippen LogP contribution in [0.15, 0.2) is 23.2 Å². The highest BCUT2D eigenvalue weighted by atomic mass is 127. The van der Waals surface area contributed by atoms with Crippen LogP contribution in [0.3, 0.4) is 0 Å². The van der Waals surface area contributed by atoms with E-state index in [1.165, 1.54) is 38.8 Å². The minimum atomic E-state index is -0.294. The molecule has 1 aromatic rings. The summed E-state index contributed by atoms with van der Waals surface area (Å²) in [5.41, 5.74) is 0.884. The fraction of sp³-hybridized carbons (Fsp3) is 0.682. The molecule has 0 spiro atoms. The lowest BCUT2D eigenvalue weighted by molar-refractivity contribution is 0.213. The highest BCUT2D eigenvalue weighted by Crippen LogP contribution is 2.30. The Morgan fingerprint density at radius 2 is 1.97 bits per heavy atom. The van der Waals surface area contributed by atoms with Crippen molar-refractivity contribution in [2.45, 2.75) is 45.1 Å². The van der Waals surface area contributed by atoms with Crippen LogP contribution in [0.5, 0.6) is 5.75 Å². The number of halogens is 2. The molecule has 29 heavy (non-hydrogen) atoms. The summed E-state index contributed by atoms with van der Waals surface area (Å²) >= 11 is 0. The Morgan fingerprint density at radius 1 is 1.24 bits per heavy atom. The number of benzene rings is 1. The average molecular weight is 518 g/mol. The molecule has 1 unspecified atom stereocenters. The van der Waals surface area contributed by atoms with E-state index in [2.05, 4.69) is 27.6 Å². The van der Waals surface area contributed by atoms with Gasteiger partial charge in [0.15, 0.2) is 17.5 Å². The Bertz CT molecular complexity index is 660. The lowest BCUT2D eigenvalue weighted by atomic mass is 9.94. The summed E-state index contributed by atoms with van der Waals surface area (Å²) in [5.74, 6) is 2.22. The zero-order chi connectivity index (χ0) is 19.9. The van der Waals surface area contributed by atoms with Crippen molar-refractivity contribution < 1.29 is 9.13 Å². The molecule has 1 heterocycles. The summed E-state index contributed by atoms with van der Waals surface area (Å²) in [7, 11) is 3.96. The molecule has 1 aliphatic heterocycles. The van der Waals surface area contributed by atoms with Gasteiger partial charge in [0.25, 0.3) is 0 Å². The minimum absolute atomic E-state index is 0. The third kappa shape index (κ3) is 7.92. The van der Waals surface area contributed by atoms with E-state index < -0.39 is 0 Å². The van der Waals surface area contributed by atoms with Crippen molar-refractivity contribution in [1.29, 1.82) is 0 Å². The SMILES string of the molecule is CN=C(NCCC1CCN(C)CC1)NC(C)c1ccc(OCC2CC2)c(F)c1.I. The van der Waals surface area contributed by atoms with Gasteiger partial charge in [-0.25, -0.2) is 4.39 Å². The number of guanidine groups is 1. The van der Waals surface area contributed by atoms with Crippen molar-refractivity contribution in [2.75, 3.05) is 40.3 Å². The van der Waals surface area contributed by atoms with Crippen molar-refractivity contribution in [3.8, 4) is 5.75 Å². The molecule has 1 saturated heterocycles. The quantitative estimate of drug-likeness (QED) is 0.308. The molecular weight excluding hydrogens is 482 g/mol. The second kappa shape index (κ2) is 11.9. The highest BCUT2D eigenvalue weighted by Gasteiger charge is 2.22. The first kappa shape index (κ1) is 24.2. The van der Waals surface area contributed by atoms with Crippen molar-refractivity contribution >= 4 is 29.9 Å². The van der Waals surface area contributed by atoms with E-state index in [0.29, 0.717) is 18.3 Å². The molecule has 0 radical (unpaired) electrons. The predicted octanol–water partition coefficient (Wildman–Crippen LogP) is 4.19. The third-order valence-corrected chi connectivity index (χ3v) is 5.89. The molecule has 1 aromatic carbocycles. The largest absolute Gasteiger partial charge is 0.490 e. The molecule has 1 aliphatic carbocycles. The molecule has 0 bridgehead atoms. The minimum Gasteiger partial charge on any atom is -0.490 e. The maximum absolute atomic E-state index is 14.3. The number of aliphatic imine (C=N–C) groups is 1. The fourth-order valence-electron chi connectivity index (χ4n) is 3.62. The first-order valence-electron chi connectivity index (χ1n) is 10.6. The lowest BCUT2D eigenvalue weighted by Crippen LogP contribution is -2.40. The summed E-state index contributed by atoms with van der Waals surface area (Å²) < 4.78 is 19.9. The van der Waals surface area contributed by atoms with Gasteiger partial charge in [0.1, 0.15) is 0 Å². The van der Waals surface area contributed by atoms with Crippen LogP contribution in [-0.2, 0) is 0 Å². The van der Waals surface area contributed by atoms with E-state index in [4.69, 9.17) is 4.74 Å². The van der Waals surface area contributed by atoms with E-state index in [1.54, 1.807) is 19.2 Å². The van der Waals surface area contributed by atoms with Crippen LogP contribution >= 0.6 is 24.0 Å². The number of hydrogen-bond acceptors (Lipinski definition) is 3. The van der Waals surface area contributed by atoms with Gasteiger partial charge in [-0.05, 0) is 88.7 Å². The molecule has 3 rings (SSSR count). The molecule has 2 fully saturated rings. The van der Waals surface area contributed by atoms with Crippen molar-refractivity contribution in [1.82, 2.24) is 15.5 Å². The maximum atomic E-state index is 14.3. The Hall–Kier alpha value is -1.09. The third-order valence-electron chi connectivity index (χ3n) is 5.89. The molecule has 7 heteroatoms. The molecule has 5 nitrogen and oxygen atoms in total. The Kier molecular flexibility index (Phi) is 9.95. The second-order valence-electron chi connectivity index (χ2n) is 8.34.